The number of aromatic nitrogens is 2. The Morgan fingerprint density at radius 2 is 1.86 bits per heavy atom. The minimum atomic E-state index is 0.345. The average Bonchev–Trinajstić information content (AvgIpc) is 2.14. The summed E-state index contributed by atoms with van der Waals surface area (Å²) in [5, 5.41) is 0.690. The molecule has 3 nitrogen and oxygen atoms in total. The van der Waals surface area contributed by atoms with Crippen LogP contribution in [0.15, 0.2) is 4.47 Å². The summed E-state index contributed by atoms with van der Waals surface area (Å²) in [5.74, 6) is 0.639. The van der Waals surface area contributed by atoms with Crippen LogP contribution >= 0.6 is 39.1 Å². The molecule has 1 aromatic rings. The summed E-state index contributed by atoms with van der Waals surface area (Å²) in [6.07, 6.45) is 1.56. The third-order valence-electron chi connectivity index (χ3n) is 1.57. The molecule has 0 fully saturated rings. The van der Waals surface area contributed by atoms with Crippen molar-refractivity contribution in [2.24, 2.45) is 0 Å². The van der Waals surface area contributed by atoms with Gasteiger partial charge in [0.1, 0.15) is 16.1 Å². The molecule has 0 saturated carbocycles. The Hall–Kier alpha value is 0.1000. The van der Waals surface area contributed by atoms with E-state index in [2.05, 4.69) is 25.9 Å². The fourth-order valence-electron chi connectivity index (χ4n) is 0.921. The summed E-state index contributed by atoms with van der Waals surface area (Å²) < 4.78 is 5.46. The number of halogens is 3. The molecule has 0 bridgehead atoms. The van der Waals surface area contributed by atoms with Crippen LogP contribution in [0.25, 0.3) is 0 Å². The summed E-state index contributed by atoms with van der Waals surface area (Å²) in [6.45, 7) is 0.675. The Balaban J connectivity index is 2.69. The van der Waals surface area contributed by atoms with Crippen molar-refractivity contribution in [1.82, 2.24) is 9.97 Å². The van der Waals surface area contributed by atoms with Crippen LogP contribution in [0.4, 0.5) is 0 Å². The molecule has 0 N–H and O–H groups in total. The molecule has 0 unspecified atom stereocenters. The molecule has 14 heavy (non-hydrogen) atoms. The highest BCUT2D eigenvalue weighted by atomic mass is 79.9. The first kappa shape index (κ1) is 12.2. The fraction of sp³-hybridized carbons (Fsp3) is 0.500. The van der Waals surface area contributed by atoms with Crippen molar-refractivity contribution in [1.29, 1.82) is 0 Å². The highest BCUT2D eigenvalue weighted by molar-refractivity contribution is 9.10. The summed E-state index contributed by atoms with van der Waals surface area (Å²) in [5.41, 5.74) is 0. The first-order valence-electron chi connectivity index (χ1n) is 4.01. The first-order chi connectivity index (χ1) is 6.65. The maximum absolute atomic E-state index is 5.82. The molecule has 1 rings (SSSR count). The molecule has 0 amide bonds. The zero-order chi connectivity index (χ0) is 10.6. The van der Waals surface area contributed by atoms with Crippen molar-refractivity contribution < 1.29 is 4.74 Å². The van der Waals surface area contributed by atoms with Crippen LogP contribution in [-0.2, 0) is 11.2 Å². The maximum Gasteiger partial charge on any atom is 0.148 e. The van der Waals surface area contributed by atoms with Crippen LogP contribution in [-0.4, -0.2) is 23.7 Å². The SMILES string of the molecule is COCCCc1nc(Cl)c(Br)c(Cl)n1. The second-order valence-electron chi connectivity index (χ2n) is 2.63. The fourth-order valence-corrected chi connectivity index (χ4v) is 1.52. The van der Waals surface area contributed by atoms with E-state index in [0.717, 1.165) is 6.42 Å². The van der Waals surface area contributed by atoms with Crippen LogP contribution in [0, 0.1) is 0 Å². The van der Waals surface area contributed by atoms with Crippen molar-refractivity contribution in [3.63, 3.8) is 0 Å². The number of rotatable bonds is 4. The lowest BCUT2D eigenvalue weighted by Gasteiger charge is -2.03. The van der Waals surface area contributed by atoms with E-state index in [9.17, 15) is 0 Å². The van der Waals surface area contributed by atoms with Gasteiger partial charge in [0.25, 0.3) is 0 Å². The van der Waals surface area contributed by atoms with Crippen molar-refractivity contribution in [2.75, 3.05) is 13.7 Å². The molecule has 0 aliphatic rings. The van der Waals surface area contributed by atoms with Gasteiger partial charge in [0.05, 0.1) is 4.47 Å². The standard InChI is InChI=1S/C8H9BrCl2N2O/c1-14-4-2-3-5-12-7(10)6(9)8(11)13-5/h2-4H2,1H3. The molecule has 0 aliphatic heterocycles. The van der Waals surface area contributed by atoms with Crippen LogP contribution in [0.2, 0.25) is 10.3 Å². The second-order valence-corrected chi connectivity index (χ2v) is 4.14. The van der Waals surface area contributed by atoms with E-state index >= 15 is 0 Å². The summed E-state index contributed by atoms with van der Waals surface area (Å²) in [7, 11) is 1.66. The molecule has 0 radical (unpaired) electrons. The quantitative estimate of drug-likeness (QED) is 0.633. The van der Waals surface area contributed by atoms with E-state index in [4.69, 9.17) is 27.9 Å². The van der Waals surface area contributed by atoms with E-state index in [0.29, 0.717) is 33.6 Å². The lowest BCUT2D eigenvalue weighted by atomic mass is 10.3. The average molecular weight is 300 g/mol. The van der Waals surface area contributed by atoms with Gasteiger partial charge >= 0.3 is 0 Å². The number of ether oxygens (including phenoxy) is 1. The summed E-state index contributed by atoms with van der Waals surface area (Å²) >= 11 is 14.8. The molecule has 0 saturated heterocycles. The van der Waals surface area contributed by atoms with E-state index < -0.39 is 0 Å². The molecule has 0 aromatic carbocycles. The van der Waals surface area contributed by atoms with Crippen LogP contribution in [0.5, 0.6) is 0 Å². The molecule has 0 aliphatic carbocycles. The highest BCUT2D eigenvalue weighted by Gasteiger charge is 2.08. The van der Waals surface area contributed by atoms with Gasteiger partial charge < -0.3 is 4.74 Å². The predicted octanol–water partition coefficient (Wildman–Crippen LogP) is 3.12. The minimum Gasteiger partial charge on any atom is -0.385 e. The molecule has 78 valence electrons. The smallest absolute Gasteiger partial charge is 0.148 e. The number of hydrogen-bond acceptors (Lipinski definition) is 3. The van der Waals surface area contributed by atoms with Gasteiger partial charge in [0.2, 0.25) is 0 Å². The monoisotopic (exact) mass is 298 g/mol. The van der Waals surface area contributed by atoms with Crippen LogP contribution < -0.4 is 0 Å². The third-order valence-corrected chi connectivity index (χ3v) is 3.32. The number of hydrogen-bond donors (Lipinski definition) is 0. The zero-order valence-electron chi connectivity index (χ0n) is 7.56. The molecule has 0 atom stereocenters. The lowest BCUT2D eigenvalue weighted by molar-refractivity contribution is 0.194. The van der Waals surface area contributed by atoms with E-state index in [1.807, 2.05) is 0 Å². The van der Waals surface area contributed by atoms with Gasteiger partial charge in [0.15, 0.2) is 0 Å². The Kier molecular flexibility index (Phi) is 5.09. The Bertz CT molecular complexity index is 299. The molecular weight excluding hydrogens is 291 g/mol. The van der Waals surface area contributed by atoms with Gasteiger partial charge in [-0.25, -0.2) is 9.97 Å². The van der Waals surface area contributed by atoms with Gasteiger partial charge in [-0.3, -0.25) is 0 Å². The van der Waals surface area contributed by atoms with Crippen molar-refractivity contribution in [3.05, 3.63) is 20.6 Å². The molecule has 1 aromatic heterocycles. The Morgan fingerprint density at radius 3 is 2.36 bits per heavy atom. The largest absolute Gasteiger partial charge is 0.385 e. The van der Waals surface area contributed by atoms with Gasteiger partial charge in [-0.05, 0) is 22.4 Å². The lowest BCUT2D eigenvalue weighted by Crippen LogP contribution is -1.99. The number of methoxy groups -OCH3 is 1. The van der Waals surface area contributed by atoms with Gasteiger partial charge in [-0.15, -0.1) is 0 Å². The third kappa shape index (κ3) is 3.35. The van der Waals surface area contributed by atoms with Crippen LogP contribution in [0.1, 0.15) is 12.2 Å². The Morgan fingerprint density at radius 1 is 1.29 bits per heavy atom. The summed E-state index contributed by atoms with van der Waals surface area (Å²) in [6, 6.07) is 0. The molecule has 1 heterocycles. The molecule has 0 spiro atoms. The van der Waals surface area contributed by atoms with Crippen molar-refractivity contribution >= 4 is 39.1 Å². The topological polar surface area (TPSA) is 35.0 Å². The highest BCUT2D eigenvalue weighted by Crippen LogP contribution is 2.26. The molecular formula is C8H9BrCl2N2O. The minimum absolute atomic E-state index is 0.345. The first-order valence-corrected chi connectivity index (χ1v) is 5.56. The normalized spacial score (nSPS) is 10.6. The number of aryl methyl sites for hydroxylation is 1. The van der Waals surface area contributed by atoms with E-state index in [-0.39, 0.29) is 0 Å². The van der Waals surface area contributed by atoms with E-state index in [1.54, 1.807) is 7.11 Å². The van der Waals surface area contributed by atoms with Gasteiger partial charge in [-0.1, -0.05) is 23.2 Å². The predicted molar refractivity (Wildman–Crippen MR) is 59.9 cm³/mol. The zero-order valence-corrected chi connectivity index (χ0v) is 10.7. The van der Waals surface area contributed by atoms with Gasteiger partial charge in [-0.2, -0.15) is 0 Å². The van der Waals surface area contributed by atoms with Crippen molar-refractivity contribution in [3.8, 4) is 0 Å². The van der Waals surface area contributed by atoms with E-state index in [1.165, 1.54) is 0 Å². The molecule has 6 heteroatoms. The second kappa shape index (κ2) is 5.85. The van der Waals surface area contributed by atoms with Crippen molar-refractivity contribution in [2.45, 2.75) is 12.8 Å². The summed E-state index contributed by atoms with van der Waals surface area (Å²) in [4.78, 5) is 8.15. The van der Waals surface area contributed by atoms with Gasteiger partial charge in [0, 0.05) is 20.1 Å². The van der Waals surface area contributed by atoms with Crippen LogP contribution in [0.3, 0.4) is 0 Å². The maximum atomic E-state index is 5.82. The Labute approximate surface area is 101 Å². The number of nitrogens with zero attached hydrogens (tertiary/aromatic N) is 2.